The molecule has 0 spiro atoms. The molecule has 1 aromatic carbocycles. The van der Waals surface area contributed by atoms with Crippen LogP contribution in [0.15, 0.2) is 16.6 Å². The maximum absolute atomic E-state index is 11.1. The van der Waals surface area contributed by atoms with Gasteiger partial charge in [0.15, 0.2) is 0 Å². The van der Waals surface area contributed by atoms with Crippen LogP contribution in [0.3, 0.4) is 0 Å². The Morgan fingerprint density at radius 3 is 2.76 bits per heavy atom. The van der Waals surface area contributed by atoms with Gasteiger partial charge in [-0.25, -0.2) is 0 Å². The Labute approximate surface area is 105 Å². The molecule has 0 fully saturated rings. The smallest absolute Gasteiger partial charge is 0.309 e. The molecule has 0 amide bonds. The Balaban J connectivity index is 3.24. The molecule has 17 heavy (non-hydrogen) atoms. The molecule has 0 radical (unpaired) electrons. The summed E-state index contributed by atoms with van der Waals surface area (Å²) in [5.74, 6) is -0.477. The third kappa shape index (κ3) is 3.01. The second kappa shape index (κ2) is 5.41. The van der Waals surface area contributed by atoms with Crippen molar-refractivity contribution in [2.24, 2.45) is 0 Å². The van der Waals surface area contributed by atoms with Gasteiger partial charge in [0.2, 0.25) is 0 Å². The second-order valence-corrected chi connectivity index (χ2v) is 3.95. The Bertz CT molecular complexity index is 522. The number of carbonyl (C=O) groups is 1. The Morgan fingerprint density at radius 1 is 1.65 bits per heavy atom. The van der Waals surface area contributed by atoms with Gasteiger partial charge in [-0.1, -0.05) is 0 Å². The van der Waals surface area contributed by atoms with E-state index in [0.29, 0.717) is 5.56 Å². The summed E-state index contributed by atoms with van der Waals surface area (Å²) in [6.07, 6.45) is -0.0399. The second-order valence-electron chi connectivity index (χ2n) is 3.10. The fraction of sp³-hybridized carbons (Fsp3) is 0.200. The minimum absolute atomic E-state index is 0.0399. The monoisotopic (exact) mass is 298 g/mol. The molecule has 0 bridgehead atoms. The van der Waals surface area contributed by atoms with E-state index >= 15 is 0 Å². The zero-order valence-corrected chi connectivity index (χ0v) is 10.4. The van der Waals surface area contributed by atoms with Crippen LogP contribution in [0.1, 0.15) is 11.1 Å². The molecule has 0 aliphatic carbocycles. The summed E-state index contributed by atoms with van der Waals surface area (Å²) in [6, 6.07) is 4.46. The van der Waals surface area contributed by atoms with Crippen LogP contribution < -0.4 is 0 Å². The predicted molar refractivity (Wildman–Crippen MR) is 61.2 cm³/mol. The molecule has 6 nitrogen and oxygen atoms in total. The highest BCUT2D eigenvalue weighted by Gasteiger charge is 2.20. The number of esters is 1. The van der Waals surface area contributed by atoms with Crippen LogP contribution >= 0.6 is 15.9 Å². The van der Waals surface area contributed by atoms with Gasteiger partial charge in [0.25, 0.3) is 0 Å². The molecule has 0 atom stereocenters. The lowest BCUT2D eigenvalue weighted by Gasteiger charge is -2.03. The first-order valence-corrected chi connectivity index (χ1v) is 5.22. The molecule has 0 unspecified atom stereocenters. The van der Waals surface area contributed by atoms with Gasteiger partial charge in [-0.2, -0.15) is 5.26 Å². The standard InChI is InChI=1S/C10H7BrN2O4/c1-17-9(14)4-6-2-7(5-12)10(13(15)16)8(11)3-6/h2-3H,4H2,1H3. The minimum Gasteiger partial charge on any atom is -0.469 e. The Morgan fingerprint density at radius 2 is 2.29 bits per heavy atom. The van der Waals surface area contributed by atoms with E-state index in [1.54, 1.807) is 6.07 Å². The first kappa shape index (κ1) is 13.1. The van der Waals surface area contributed by atoms with Crippen molar-refractivity contribution in [3.05, 3.63) is 37.8 Å². The van der Waals surface area contributed by atoms with Crippen molar-refractivity contribution in [2.75, 3.05) is 7.11 Å². The zero-order chi connectivity index (χ0) is 13.0. The zero-order valence-electron chi connectivity index (χ0n) is 8.77. The van der Waals surface area contributed by atoms with E-state index in [-0.39, 0.29) is 22.1 Å². The highest BCUT2D eigenvalue weighted by molar-refractivity contribution is 9.10. The topological polar surface area (TPSA) is 93.2 Å². The molecule has 0 aliphatic rings. The number of halogens is 1. The third-order valence-corrected chi connectivity index (χ3v) is 2.61. The Hall–Kier alpha value is -1.94. The summed E-state index contributed by atoms with van der Waals surface area (Å²) in [5.41, 5.74) is 0.0790. The minimum atomic E-state index is -0.648. The molecule has 0 aromatic heterocycles. The summed E-state index contributed by atoms with van der Waals surface area (Å²) in [4.78, 5) is 21.1. The number of carbonyl (C=O) groups excluding carboxylic acids is 1. The molecular weight excluding hydrogens is 292 g/mol. The van der Waals surface area contributed by atoms with E-state index in [1.807, 2.05) is 0 Å². The molecule has 7 heteroatoms. The van der Waals surface area contributed by atoms with Crippen LogP contribution in [-0.4, -0.2) is 18.0 Å². The molecule has 0 saturated carbocycles. The summed E-state index contributed by atoms with van der Waals surface area (Å²) >= 11 is 3.01. The molecule has 0 heterocycles. The number of nitro benzene ring substituents is 1. The van der Waals surface area contributed by atoms with Crippen LogP contribution in [-0.2, 0) is 16.0 Å². The van der Waals surface area contributed by atoms with Gasteiger partial charge < -0.3 is 4.74 Å². The van der Waals surface area contributed by atoms with Crippen molar-refractivity contribution in [3.63, 3.8) is 0 Å². The Kier molecular flexibility index (Phi) is 4.17. The maximum atomic E-state index is 11.1. The molecule has 1 aromatic rings. The number of nitriles is 1. The molecule has 0 saturated heterocycles. The van der Waals surface area contributed by atoms with Gasteiger partial charge >= 0.3 is 11.7 Å². The number of nitrogens with zero attached hydrogens (tertiary/aromatic N) is 2. The van der Waals surface area contributed by atoms with Crippen molar-refractivity contribution < 1.29 is 14.5 Å². The van der Waals surface area contributed by atoms with E-state index in [0.717, 1.165) is 0 Å². The van der Waals surface area contributed by atoms with Gasteiger partial charge in [-0.3, -0.25) is 14.9 Å². The molecule has 0 N–H and O–H groups in total. The third-order valence-electron chi connectivity index (χ3n) is 2.00. The van der Waals surface area contributed by atoms with E-state index < -0.39 is 10.9 Å². The molecule has 0 aliphatic heterocycles. The highest BCUT2D eigenvalue weighted by atomic mass is 79.9. The number of nitro groups is 1. The SMILES string of the molecule is COC(=O)Cc1cc(Br)c([N+](=O)[O-])c(C#N)c1. The average molecular weight is 299 g/mol. The van der Waals surface area contributed by atoms with E-state index in [9.17, 15) is 14.9 Å². The van der Waals surface area contributed by atoms with Crippen LogP contribution in [0.2, 0.25) is 0 Å². The van der Waals surface area contributed by atoms with Crippen molar-refractivity contribution in [1.29, 1.82) is 5.26 Å². The van der Waals surface area contributed by atoms with Gasteiger partial charge in [0.1, 0.15) is 11.6 Å². The summed E-state index contributed by atoms with van der Waals surface area (Å²) in [5, 5.41) is 19.5. The lowest BCUT2D eigenvalue weighted by molar-refractivity contribution is -0.386. The van der Waals surface area contributed by atoms with E-state index in [2.05, 4.69) is 20.7 Å². The normalized spacial score (nSPS) is 9.47. The largest absolute Gasteiger partial charge is 0.469 e. The lowest BCUT2D eigenvalue weighted by atomic mass is 10.1. The number of rotatable bonds is 3. The number of hydrogen-bond donors (Lipinski definition) is 0. The van der Waals surface area contributed by atoms with Gasteiger partial charge in [0.05, 0.1) is 22.9 Å². The van der Waals surface area contributed by atoms with Crippen LogP contribution in [0.5, 0.6) is 0 Å². The number of ether oxygens (including phenoxy) is 1. The number of methoxy groups -OCH3 is 1. The fourth-order valence-electron chi connectivity index (χ4n) is 1.27. The molecule has 1 rings (SSSR count). The van der Waals surface area contributed by atoms with Crippen molar-refractivity contribution >= 4 is 27.6 Å². The van der Waals surface area contributed by atoms with Gasteiger partial charge in [0, 0.05) is 0 Å². The maximum Gasteiger partial charge on any atom is 0.309 e. The van der Waals surface area contributed by atoms with Crippen LogP contribution in [0.25, 0.3) is 0 Å². The van der Waals surface area contributed by atoms with Crippen molar-refractivity contribution in [1.82, 2.24) is 0 Å². The number of hydrogen-bond acceptors (Lipinski definition) is 5. The van der Waals surface area contributed by atoms with E-state index in [1.165, 1.54) is 19.2 Å². The van der Waals surface area contributed by atoms with Crippen molar-refractivity contribution in [2.45, 2.75) is 6.42 Å². The predicted octanol–water partition coefficient (Wildman–Crippen LogP) is 1.94. The fourth-order valence-corrected chi connectivity index (χ4v) is 1.92. The van der Waals surface area contributed by atoms with Gasteiger partial charge in [-0.15, -0.1) is 0 Å². The van der Waals surface area contributed by atoms with E-state index in [4.69, 9.17) is 5.26 Å². The molecule has 88 valence electrons. The average Bonchev–Trinajstić information content (AvgIpc) is 2.27. The summed E-state index contributed by atoms with van der Waals surface area (Å²) in [7, 11) is 1.24. The summed E-state index contributed by atoms with van der Waals surface area (Å²) < 4.78 is 4.64. The molecular formula is C10H7BrN2O4. The number of benzene rings is 1. The quantitative estimate of drug-likeness (QED) is 0.483. The van der Waals surface area contributed by atoms with Crippen LogP contribution in [0, 0.1) is 21.4 Å². The first-order valence-electron chi connectivity index (χ1n) is 4.43. The van der Waals surface area contributed by atoms with Gasteiger partial charge in [-0.05, 0) is 33.6 Å². The first-order chi connectivity index (χ1) is 7.99. The highest BCUT2D eigenvalue weighted by Crippen LogP contribution is 2.30. The summed E-state index contributed by atoms with van der Waals surface area (Å²) in [6.45, 7) is 0. The van der Waals surface area contributed by atoms with Crippen molar-refractivity contribution in [3.8, 4) is 6.07 Å². The van der Waals surface area contributed by atoms with Crippen LogP contribution in [0.4, 0.5) is 5.69 Å². The lowest BCUT2D eigenvalue weighted by Crippen LogP contribution is -2.05.